The summed E-state index contributed by atoms with van der Waals surface area (Å²) in [6.45, 7) is 1.99. The summed E-state index contributed by atoms with van der Waals surface area (Å²) >= 11 is 3.30. The largest absolute Gasteiger partial charge is 0.294 e. The Morgan fingerprint density at radius 2 is 2.33 bits per heavy atom. The molecular weight excluding hydrogens is 258 g/mol. The number of pyridine rings is 1. The third-order valence-corrected chi connectivity index (χ3v) is 2.56. The van der Waals surface area contributed by atoms with Crippen LogP contribution < -0.4 is 5.56 Å². The van der Waals surface area contributed by atoms with Crippen molar-refractivity contribution in [2.45, 2.75) is 13.3 Å². The molecule has 0 saturated heterocycles. The highest BCUT2D eigenvalue weighted by atomic mass is 79.9. The van der Waals surface area contributed by atoms with Crippen LogP contribution in [0.15, 0.2) is 33.7 Å². The summed E-state index contributed by atoms with van der Waals surface area (Å²) in [6.07, 6.45) is 2.47. The third-order valence-electron chi connectivity index (χ3n) is 2.10. The highest BCUT2D eigenvalue weighted by Crippen LogP contribution is 2.09. The van der Waals surface area contributed by atoms with Crippen LogP contribution >= 0.6 is 15.9 Å². The Balaban J connectivity index is 2.49. The van der Waals surface area contributed by atoms with Gasteiger partial charge in [-0.3, -0.25) is 9.89 Å². The minimum atomic E-state index is -0.0818. The van der Waals surface area contributed by atoms with Crippen molar-refractivity contribution in [2.75, 3.05) is 0 Å². The van der Waals surface area contributed by atoms with Crippen LogP contribution in [0, 0.1) is 0 Å². The van der Waals surface area contributed by atoms with Gasteiger partial charge in [0, 0.05) is 22.4 Å². The van der Waals surface area contributed by atoms with E-state index in [1.54, 1.807) is 18.3 Å². The van der Waals surface area contributed by atoms with Crippen LogP contribution in [0.1, 0.15) is 12.6 Å². The van der Waals surface area contributed by atoms with Crippen molar-refractivity contribution in [1.82, 2.24) is 14.8 Å². The highest BCUT2D eigenvalue weighted by Gasteiger charge is 2.04. The summed E-state index contributed by atoms with van der Waals surface area (Å²) in [6, 6.07) is 5.21. The first-order valence-corrected chi connectivity index (χ1v) is 5.43. The van der Waals surface area contributed by atoms with Gasteiger partial charge >= 0.3 is 0 Å². The number of H-pyrrole nitrogens is 1. The number of rotatable bonds is 2. The van der Waals surface area contributed by atoms with E-state index in [0.29, 0.717) is 5.82 Å². The second-order valence-electron chi connectivity index (χ2n) is 3.14. The zero-order chi connectivity index (χ0) is 10.8. The molecule has 15 heavy (non-hydrogen) atoms. The van der Waals surface area contributed by atoms with Gasteiger partial charge in [-0.15, -0.1) is 0 Å². The smallest absolute Gasteiger partial charge is 0.272 e. The van der Waals surface area contributed by atoms with E-state index >= 15 is 0 Å². The van der Waals surface area contributed by atoms with Crippen molar-refractivity contribution in [3.63, 3.8) is 0 Å². The molecule has 0 atom stereocenters. The fraction of sp³-hybridized carbons (Fsp3) is 0.200. The van der Waals surface area contributed by atoms with E-state index < -0.39 is 0 Å². The van der Waals surface area contributed by atoms with Crippen molar-refractivity contribution in [1.29, 1.82) is 0 Å². The quantitative estimate of drug-likeness (QED) is 0.904. The SMILES string of the molecule is CCc1cc(=O)n(-c2ccc(Br)cn2)[nH]1. The summed E-state index contributed by atoms with van der Waals surface area (Å²) in [7, 11) is 0. The summed E-state index contributed by atoms with van der Waals surface area (Å²) in [5.74, 6) is 0.600. The lowest BCUT2D eigenvalue weighted by molar-refractivity contribution is 0.794. The van der Waals surface area contributed by atoms with Crippen LogP contribution in [0.25, 0.3) is 5.82 Å². The van der Waals surface area contributed by atoms with E-state index in [9.17, 15) is 4.79 Å². The minimum absolute atomic E-state index is 0.0818. The van der Waals surface area contributed by atoms with Crippen LogP contribution in [0.3, 0.4) is 0 Å². The van der Waals surface area contributed by atoms with Gasteiger partial charge in [0.2, 0.25) is 0 Å². The summed E-state index contributed by atoms with van der Waals surface area (Å²) in [4.78, 5) is 15.7. The fourth-order valence-electron chi connectivity index (χ4n) is 1.30. The van der Waals surface area contributed by atoms with E-state index in [1.807, 2.05) is 13.0 Å². The van der Waals surface area contributed by atoms with E-state index in [-0.39, 0.29) is 5.56 Å². The van der Waals surface area contributed by atoms with Crippen molar-refractivity contribution in [3.8, 4) is 5.82 Å². The molecule has 0 fully saturated rings. The number of aromatic amines is 1. The molecule has 2 aromatic rings. The molecule has 0 aromatic carbocycles. The van der Waals surface area contributed by atoms with Crippen LogP contribution in [0.4, 0.5) is 0 Å². The van der Waals surface area contributed by atoms with Gasteiger partial charge in [0.05, 0.1) is 0 Å². The van der Waals surface area contributed by atoms with Crippen LogP contribution in [-0.2, 0) is 6.42 Å². The molecule has 0 amide bonds. The maximum absolute atomic E-state index is 11.6. The molecule has 78 valence electrons. The Hall–Kier alpha value is -1.36. The zero-order valence-electron chi connectivity index (χ0n) is 8.20. The molecule has 0 spiro atoms. The van der Waals surface area contributed by atoms with Crippen molar-refractivity contribution >= 4 is 15.9 Å². The topological polar surface area (TPSA) is 50.7 Å². The lowest BCUT2D eigenvalue weighted by Gasteiger charge is -2.00. The average Bonchev–Trinajstić information content (AvgIpc) is 2.61. The van der Waals surface area contributed by atoms with E-state index in [2.05, 4.69) is 26.0 Å². The number of hydrogen-bond donors (Lipinski definition) is 1. The first kappa shape index (κ1) is 10.2. The predicted molar refractivity (Wildman–Crippen MR) is 61.3 cm³/mol. The minimum Gasteiger partial charge on any atom is -0.294 e. The fourth-order valence-corrected chi connectivity index (χ4v) is 1.53. The molecule has 0 aliphatic heterocycles. The number of hydrogen-bond acceptors (Lipinski definition) is 2. The lowest BCUT2D eigenvalue weighted by atomic mass is 10.3. The molecule has 0 bridgehead atoms. The molecule has 2 aromatic heterocycles. The molecule has 1 N–H and O–H groups in total. The molecule has 2 rings (SSSR count). The number of halogens is 1. The highest BCUT2D eigenvalue weighted by molar-refractivity contribution is 9.10. The number of nitrogens with one attached hydrogen (secondary N) is 1. The lowest BCUT2D eigenvalue weighted by Crippen LogP contribution is -2.14. The molecular formula is C10H10BrN3O. The van der Waals surface area contributed by atoms with Crippen LogP contribution in [0.2, 0.25) is 0 Å². The van der Waals surface area contributed by atoms with Crippen molar-refractivity contribution in [3.05, 3.63) is 44.9 Å². The van der Waals surface area contributed by atoms with Crippen LogP contribution in [0.5, 0.6) is 0 Å². The van der Waals surface area contributed by atoms with Gasteiger partial charge in [0.15, 0.2) is 5.82 Å². The zero-order valence-corrected chi connectivity index (χ0v) is 9.78. The van der Waals surface area contributed by atoms with E-state index in [4.69, 9.17) is 0 Å². The molecule has 0 unspecified atom stereocenters. The Labute approximate surface area is 95.1 Å². The van der Waals surface area contributed by atoms with E-state index in [0.717, 1.165) is 16.6 Å². The van der Waals surface area contributed by atoms with Gasteiger partial charge in [-0.25, -0.2) is 9.67 Å². The Kier molecular flexibility index (Phi) is 2.73. The van der Waals surface area contributed by atoms with Crippen molar-refractivity contribution in [2.24, 2.45) is 0 Å². The number of aromatic nitrogens is 3. The van der Waals surface area contributed by atoms with Gasteiger partial charge in [0.1, 0.15) is 0 Å². The van der Waals surface area contributed by atoms with E-state index in [1.165, 1.54) is 4.68 Å². The Morgan fingerprint density at radius 3 is 2.87 bits per heavy atom. The number of aryl methyl sites for hydroxylation is 1. The Morgan fingerprint density at radius 1 is 1.53 bits per heavy atom. The molecule has 2 heterocycles. The van der Waals surface area contributed by atoms with Gasteiger partial charge < -0.3 is 0 Å². The molecule has 0 aliphatic rings. The second-order valence-corrected chi connectivity index (χ2v) is 4.06. The summed E-state index contributed by atoms with van der Waals surface area (Å²) in [5.41, 5.74) is 0.825. The molecule has 0 saturated carbocycles. The molecule has 0 radical (unpaired) electrons. The molecule has 4 nitrogen and oxygen atoms in total. The molecule has 5 heteroatoms. The van der Waals surface area contributed by atoms with Crippen LogP contribution in [-0.4, -0.2) is 14.8 Å². The van der Waals surface area contributed by atoms with Crippen molar-refractivity contribution < 1.29 is 0 Å². The predicted octanol–water partition coefficient (Wildman–Crippen LogP) is 1.89. The monoisotopic (exact) mass is 267 g/mol. The number of nitrogens with zero attached hydrogens (tertiary/aromatic N) is 2. The maximum Gasteiger partial charge on any atom is 0.272 e. The summed E-state index contributed by atoms with van der Waals surface area (Å²) < 4.78 is 2.33. The Bertz CT molecular complexity index is 512. The second kappa shape index (κ2) is 4.02. The maximum atomic E-state index is 11.6. The third kappa shape index (κ3) is 2.02. The van der Waals surface area contributed by atoms with Gasteiger partial charge in [-0.2, -0.15) is 0 Å². The van der Waals surface area contributed by atoms with Gasteiger partial charge in [-0.1, -0.05) is 6.92 Å². The van der Waals surface area contributed by atoms with Gasteiger partial charge in [-0.05, 0) is 34.5 Å². The first-order valence-electron chi connectivity index (χ1n) is 4.63. The van der Waals surface area contributed by atoms with Gasteiger partial charge in [0.25, 0.3) is 5.56 Å². The average molecular weight is 268 g/mol. The standard InChI is InChI=1S/C10H10BrN3O/c1-2-8-5-10(15)14(13-8)9-4-3-7(11)6-12-9/h3-6,13H,2H2,1H3. The molecule has 0 aliphatic carbocycles. The first-order chi connectivity index (χ1) is 7.20. The normalized spacial score (nSPS) is 10.5. The summed E-state index contributed by atoms with van der Waals surface area (Å²) in [5, 5.41) is 2.99.